The van der Waals surface area contributed by atoms with Crippen LogP contribution in [0.3, 0.4) is 0 Å². The molecule has 8 heteroatoms. The molecule has 0 radical (unpaired) electrons. The van der Waals surface area contributed by atoms with Crippen molar-refractivity contribution in [3.8, 4) is 0 Å². The van der Waals surface area contributed by atoms with Crippen molar-refractivity contribution < 1.29 is 0 Å². The second kappa shape index (κ2) is 10.8. The van der Waals surface area contributed by atoms with E-state index in [2.05, 4.69) is 66.7 Å². The van der Waals surface area contributed by atoms with E-state index < -0.39 is 0 Å². The molecule has 1 aromatic carbocycles. The highest BCUT2D eigenvalue weighted by molar-refractivity contribution is 7.09. The Labute approximate surface area is 210 Å². The fourth-order valence-electron chi connectivity index (χ4n) is 5.33. The number of tetrazole rings is 1. The Kier molecular flexibility index (Phi) is 7.39. The third-order valence-electron chi connectivity index (χ3n) is 7.13. The van der Waals surface area contributed by atoms with Gasteiger partial charge in [0.25, 0.3) is 5.56 Å². The average Bonchev–Trinajstić information content (AvgIpc) is 3.56. The number of rotatable bonds is 9. The highest BCUT2D eigenvalue weighted by Crippen LogP contribution is 2.33. The number of nitrogens with one attached hydrogen (secondary N) is 1. The van der Waals surface area contributed by atoms with E-state index in [9.17, 15) is 4.79 Å². The molecule has 184 valence electrons. The molecule has 0 spiro atoms. The van der Waals surface area contributed by atoms with Crippen LogP contribution >= 0.6 is 11.3 Å². The Bertz CT molecular complexity index is 1300. The zero-order valence-corrected chi connectivity index (χ0v) is 21.4. The van der Waals surface area contributed by atoms with Crippen molar-refractivity contribution in [2.45, 2.75) is 84.0 Å². The van der Waals surface area contributed by atoms with Gasteiger partial charge in [0.15, 0.2) is 5.82 Å². The summed E-state index contributed by atoms with van der Waals surface area (Å²) in [5.41, 5.74) is 2.77. The number of aromatic amines is 1. The van der Waals surface area contributed by atoms with Crippen molar-refractivity contribution in [1.82, 2.24) is 30.1 Å². The van der Waals surface area contributed by atoms with Gasteiger partial charge >= 0.3 is 0 Å². The van der Waals surface area contributed by atoms with Crippen molar-refractivity contribution in [2.75, 3.05) is 0 Å². The number of aryl methyl sites for hydroxylation is 1. The van der Waals surface area contributed by atoms with Crippen molar-refractivity contribution >= 4 is 22.2 Å². The van der Waals surface area contributed by atoms with Crippen molar-refractivity contribution in [1.29, 1.82) is 0 Å². The number of nitrogens with zero attached hydrogens (tertiary/aromatic N) is 5. The van der Waals surface area contributed by atoms with E-state index in [4.69, 9.17) is 0 Å². The van der Waals surface area contributed by atoms with Crippen LogP contribution in [0.4, 0.5) is 0 Å². The number of aromatic nitrogens is 5. The lowest BCUT2D eigenvalue weighted by Crippen LogP contribution is -2.33. The third-order valence-corrected chi connectivity index (χ3v) is 7.99. The average molecular weight is 491 g/mol. The Morgan fingerprint density at radius 3 is 2.80 bits per heavy atom. The first-order valence-corrected chi connectivity index (χ1v) is 13.7. The van der Waals surface area contributed by atoms with Gasteiger partial charge in [-0.15, -0.1) is 16.4 Å². The van der Waals surface area contributed by atoms with Crippen LogP contribution in [-0.2, 0) is 13.1 Å². The second-order valence-corrected chi connectivity index (χ2v) is 10.8. The van der Waals surface area contributed by atoms with Crippen LogP contribution in [0, 0.1) is 6.92 Å². The fourth-order valence-corrected chi connectivity index (χ4v) is 6.06. The molecule has 1 fully saturated rings. The maximum Gasteiger partial charge on any atom is 0.252 e. The van der Waals surface area contributed by atoms with Crippen molar-refractivity contribution in [3.63, 3.8) is 0 Å². The monoisotopic (exact) mass is 490 g/mol. The lowest BCUT2D eigenvalue weighted by atomic mass is 9.95. The van der Waals surface area contributed by atoms with Crippen LogP contribution in [0.2, 0.25) is 0 Å². The van der Waals surface area contributed by atoms with Crippen LogP contribution < -0.4 is 5.56 Å². The molecule has 3 heterocycles. The lowest BCUT2D eigenvalue weighted by Gasteiger charge is -2.32. The van der Waals surface area contributed by atoms with Gasteiger partial charge in [0, 0.05) is 29.0 Å². The molecule has 4 aromatic rings. The minimum absolute atomic E-state index is 0.0265. The summed E-state index contributed by atoms with van der Waals surface area (Å²) in [5.74, 6) is 0.933. The SMILES string of the molecule is CCC[C@H](c1nnnn1C1CCCCC1)N(Cc1cccs1)Cc1cc2ccc(C)cc2[nH]c1=O. The first-order valence-electron chi connectivity index (χ1n) is 12.8. The topological polar surface area (TPSA) is 79.7 Å². The summed E-state index contributed by atoms with van der Waals surface area (Å²) in [6, 6.07) is 12.9. The standard InChI is InChI=1S/C27H34N6OS/c1-3-8-25(26-29-30-31-33(26)22-9-5-4-6-10-22)32(18-23-11-7-14-35-23)17-21-16-20-13-12-19(2)15-24(20)28-27(21)34/h7,11-16,22,25H,3-6,8-10,17-18H2,1-2H3,(H,28,34)/t25-/m1/s1. The van der Waals surface area contributed by atoms with Gasteiger partial charge in [-0.05, 0) is 71.1 Å². The summed E-state index contributed by atoms with van der Waals surface area (Å²) < 4.78 is 2.09. The number of H-pyrrole nitrogens is 1. The molecule has 1 aliphatic carbocycles. The molecule has 1 aliphatic rings. The largest absolute Gasteiger partial charge is 0.322 e. The summed E-state index contributed by atoms with van der Waals surface area (Å²) in [4.78, 5) is 19.9. The predicted molar refractivity (Wildman–Crippen MR) is 140 cm³/mol. The molecule has 7 nitrogen and oxygen atoms in total. The van der Waals surface area contributed by atoms with Crippen LogP contribution in [0.1, 0.15) is 85.8 Å². The van der Waals surface area contributed by atoms with Crippen molar-refractivity contribution in [2.24, 2.45) is 0 Å². The van der Waals surface area contributed by atoms with Crippen LogP contribution in [0.5, 0.6) is 0 Å². The van der Waals surface area contributed by atoms with Gasteiger partial charge in [-0.1, -0.05) is 50.8 Å². The van der Waals surface area contributed by atoms with Gasteiger partial charge in [0.2, 0.25) is 0 Å². The van der Waals surface area contributed by atoms with E-state index in [1.54, 1.807) is 11.3 Å². The molecule has 0 bridgehead atoms. The Balaban J connectivity index is 1.52. The first kappa shape index (κ1) is 23.9. The molecule has 3 aromatic heterocycles. The van der Waals surface area contributed by atoms with Gasteiger partial charge in [-0.2, -0.15) is 0 Å². The highest BCUT2D eigenvalue weighted by Gasteiger charge is 2.30. The quantitative estimate of drug-likeness (QED) is 0.314. The Hall–Kier alpha value is -2.84. The van der Waals surface area contributed by atoms with E-state index in [1.165, 1.54) is 24.1 Å². The number of benzene rings is 1. The Morgan fingerprint density at radius 2 is 2.03 bits per heavy atom. The zero-order chi connectivity index (χ0) is 24.2. The van der Waals surface area contributed by atoms with E-state index in [1.807, 2.05) is 19.1 Å². The fraction of sp³-hybridized carbons (Fsp3) is 0.481. The van der Waals surface area contributed by atoms with Gasteiger partial charge in [0.05, 0.1) is 12.1 Å². The van der Waals surface area contributed by atoms with Gasteiger partial charge in [-0.25, -0.2) is 4.68 Å². The number of hydrogen-bond acceptors (Lipinski definition) is 6. The molecule has 35 heavy (non-hydrogen) atoms. The van der Waals surface area contributed by atoms with Gasteiger partial charge in [-0.3, -0.25) is 9.69 Å². The molecule has 0 aliphatic heterocycles. The number of pyridine rings is 1. The smallest absolute Gasteiger partial charge is 0.252 e. The highest BCUT2D eigenvalue weighted by atomic mass is 32.1. The molecule has 1 N–H and O–H groups in total. The minimum atomic E-state index is -0.0265. The molecule has 1 saturated carbocycles. The van der Waals surface area contributed by atoms with Crippen LogP contribution in [0.25, 0.3) is 10.9 Å². The number of hydrogen-bond donors (Lipinski definition) is 1. The van der Waals surface area contributed by atoms with E-state index in [0.717, 1.165) is 60.1 Å². The maximum absolute atomic E-state index is 13.1. The molecular weight excluding hydrogens is 456 g/mol. The van der Waals surface area contributed by atoms with E-state index in [0.29, 0.717) is 12.6 Å². The van der Waals surface area contributed by atoms with Crippen molar-refractivity contribution in [3.05, 3.63) is 74.0 Å². The maximum atomic E-state index is 13.1. The normalized spacial score (nSPS) is 15.7. The van der Waals surface area contributed by atoms with E-state index in [-0.39, 0.29) is 11.6 Å². The van der Waals surface area contributed by atoms with Gasteiger partial charge in [0.1, 0.15) is 0 Å². The number of thiophene rings is 1. The summed E-state index contributed by atoms with van der Waals surface area (Å²) in [7, 11) is 0. The molecular formula is C27H34N6OS. The molecule has 0 saturated heterocycles. The van der Waals surface area contributed by atoms with Crippen LogP contribution in [-0.4, -0.2) is 30.1 Å². The second-order valence-electron chi connectivity index (χ2n) is 9.78. The third kappa shape index (κ3) is 5.38. The predicted octanol–water partition coefficient (Wildman–Crippen LogP) is 5.93. The summed E-state index contributed by atoms with van der Waals surface area (Å²) in [6.07, 6.45) is 7.96. The first-order chi connectivity index (χ1) is 17.1. The zero-order valence-electron chi connectivity index (χ0n) is 20.6. The molecule has 5 rings (SSSR count). The lowest BCUT2D eigenvalue weighted by molar-refractivity contribution is 0.151. The molecule has 0 amide bonds. The minimum Gasteiger partial charge on any atom is -0.322 e. The van der Waals surface area contributed by atoms with Crippen LogP contribution in [0.15, 0.2) is 46.6 Å². The van der Waals surface area contributed by atoms with Gasteiger partial charge < -0.3 is 4.98 Å². The summed E-state index contributed by atoms with van der Waals surface area (Å²) in [6.45, 7) is 5.54. The molecule has 0 unspecified atom stereocenters. The Morgan fingerprint density at radius 1 is 1.17 bits per heavy atom. The summed E-state index contributed by atoms with van der Waals surface area (Å²) >= 11 is 1.75. The number of fused-ring (bicyclic) bond motifs is 1. The van der Waals surface area contributed by atoms with E-state index >= 15 is 0 Å². The molecule has 1 atom stereocenters. The summed E-state index contributed by atoms with van der Waals surface area (Å²) in [5, 5.41) is 16.3.